The second kappa shape index (κ2) is 8.49. The lowest BCUT2D eigenvalue weighted by molar-refractivity contribution is -0.135. The zero-order valence-electron chi connectivity index (χ0n) is 17.5. The van der Waals surface area contributed by atoms with Gasteiger partial charge in [0, 0.05) is 39.3 Å². The molecular weight excluding hydrogens is 356 g/mol. The SMILES string of the molecule is CCN1C(=O)N(CCN(C)C)C(=O)C12CCN(Cc1ccc(OC)cc1)CC2. The summed E-state index contributed by atoms with van der Waals surface area (Å²) in [7, 11) is 5.58. The van der Waals surface area contributed by atoms with Gasteiger partial charge < -0.3 is 14.5 Å². The molecule has 0 aromatic heterocycles. The zero-order chi connectivity index (χ0) is 20.3. The van der Waals surface area contributed by atoms with Gasteiger partial charge in [0.2, 0.25) is 0 Å². The number of rotatable bonds is 7. The van der Waals surface area contributed by atoms with Gasteiger partial charge in [-0.2, -0.15) is 0 Å². The van der Waals surface area contributed by atoms with Crippen LogP contribution in [-0.2, 0) is 11.3 Å². The van der Waals surface area contributed by atoms with E-state index < -0.39 is 5.54 Å². The van der Waals surface area contributed by atoms with Crippen LogP contribution in [0.25, 0.3) is 0 Å². The summed E-state index contributed by atoms with van der Waals surface area (Å²) in [5.74, 6) is 0.845. The second-order valence-corrected chi connectivity index (χ2v) is 7.94. The van der Waals surface area contributed by atoms with E-state index in [0.29, 0.717) is 32.5 Å². The second-order valence-electron chi connectivity index (χ2n) is 7.94. The molecule has 0 atom stereocenters. The average Bonchev–Trinajstić information content (AvgIpc) is 2.88. The molecule has 154 valence electrons. The molecule has 1 aromatic carbocycles. The standard InChI is InChI=1S/C21H32N4O3/c1-5-25-20(27)24(15-14-22(2)3)19(26)21(25)10-12-23(13-11-21)16-17-6-8-18(28-4)9-7-17/h6-9H,5,10-16H2,1-4H3. The van der Waals surface area contributed by atoms with Crippen molar-refractivity contribution in [2.45, 2.75) is 31.8 Å². The van der Waals surface area contributed by atoms with Gasteiger partial charge in [0.15, 0.2) is 0 Å². The molecule has 0 bridgehead atoms. The van der Waals surface area contributed by atoms with Gasteiger partial charge in [-0.1, -0.05) is 12.1 Å². The van der Waals surface area contributed by atoms with Gasteiger partial charge in [0.25, 0.3) is 5.91 Å². The van der Waals surface area contributed by atoms with Crippen LogP contribution >= 0.6 is 0 Å². The van der Waals surface area contributed by atoms with Crippen LogP contribution in [0.2, 0.25) is 0 Å². The number of methoxy groups -OCH3 is 1. The molecule has 7 heteroatoms. The molecule has 0 unspecified atom stereocenters. The number of hydrogen-bond acceptors (Lipinski definition) is 5. The first-order valence-corrected chi connectivity index (χ1v) is 10.0. The summed E-state index contributed by atoms with van der Waals surface area (Å²) in [5, 5.41) is 0. The maximum atomic E-state index is 13.2. The maximum absolute atomic E-state index is 13.2. The van der Waals surface area contributed by atoms with Crippen molar-refractivity contribution in [3.8, 4) is 5.75 Å². The summed E-state index contributed by atoms with van der Waals surface area (Å²) in [5.41, 5.74) is 0.569. The number of nitrogens with zero attached hydrogens (tertiary/aromatic N) is 4. The van der Waals surface area contributed by atoms with Crippen molar-refractivity contribution in [3.05, 3.63) is 29.8 Å². The van der Waals surface area contributed by atoms with Crippen molar-refractivity contribution in [3.63, 3.8) is 0 Å². The summed E-state index contributed by atoms with van der Waals surface area (Å²) < 4.78 is 5.22. The zero-order valence-corrected chi connectivity index (χ0v) is 17.5. The predicted octanol–water partition coefficient (Wildman–Crippen LogP) is 1.88. The van der Waals surface area contributed by atoms with E-state index in [9.17, 15) is 9.59 Å². The van der Waals surface area contributed by atoms with E-state index >= 15 is 0 Å². The Morgan fingerprint density at radius 3 is 2.29 bits per heavy atom. The molecule has 3 amide bonds. The minimum absolute atomic E-state index is 0.00898. The van der Waals surface area contributed by atoms with E-state index in [0.717, 1.165) is 25.4 Å². The molecule has 28 heavy (non-hydrogen) atoms. The third-order valence-electron chi connectivity index (χ3n) is 5.96. The molecular formula is C21H32N4O3. The first-order valence-electron chi connectivity index (χ1n) is 10.0. The molecule has 2 saturated heterocycles. The minimum Gasteiger partial charge on any atom is -0.497 e. The topological polar surface area (TPSA) is 56.3 Å². The number of likely N-dealkylation sites (N-methyl/N-ethyl adjacent to an activating group) is 2. The Balaban J connectivity index is 1.66. The Hall–Kier alpha value is -2.12. The van der Waals surface area contributed by atoms with Gasteiger partial charge in [0.05, 0.1) is 7.11 Å². The molecule has 0 radical (unpaired) electrons. The van der Waals surface area contributed by atoms with E-state index in [1.807, 2.05) is 38.1 Å². The van der Waals surface area contributed by atoms with Crippen molar-refractivity contribution < 1.29 is 14.3 Å². The highest BCUT2D eigenvalue weighted by Crippen LogP contribution is 2.37. The molecule has 7 nitrogen and oxygen atoms in total. The monoisotopic (exact) mass is 388 g/mol. The Morgan fingerprint density at radius 2 is 1.75 bits per heavy atom. The van der Waals surface area contributed by atoms with Gasteiger partial charge in [-0.25, -0.2) is 4.79 Å². The van der Waals surface area contributed by atoms with Crippen molar-refractivity contribution in [1.82, 2.24) is 19.6 Å². The summed E-state index contributed by atoms with van der Waals surface area (Å²) in [4.78, 5) is 33.7. The number of carbonyl (C=O) groups is 2. The largest absolute Gasteiger partial charge is 0.497 e. The quantitative estimate of drug-likeness (QED) is 0.668. The lowest BCUT2D eigenvalue weighted by Crippen LogP contribution is -2.56. The van der Waals surface area contributed by atoms with E-state index in [1.165, 1.54) is 10.5 Å². The van der Waals surface area contributed by atoms with Gasteiger partial charge >= 0.3 is 6.03 Å². The molecule has 0 aliphatic carbocycles. The Kier molecular flexibility index (Phi) is 6.25. The third-order valence-corrected chi connectivity index (χ3v) is 5.96. The molecule has 1 spiro atoms. The first-order chi connectivity index (χ1) is 13.4. The molecule has 2 heterocycles. The third kappa shape index (κ3) is 3.86. The van der Waals surface area contributed by atoms with Crippen molar-refractivity contribution >= 4 is 11.9 Å². The number of likely N-dealkylation sites (tertiary alicyclic amines) is 1. The Bertz CT molecular complexity index is 696. The Labute approximate surface area is 167 Å². The number of urea groups is 1. The van der Waals surface area contributed by atoms with Gasteiger partial charge in [-0.3, -0.25) is 14.6 Å². The van der Waals surface area contributed by atoms with E-state index in [4.69, 9.17) is 4.74 Å². The minimum atomic E-state index is -0.658. The van der Waals surface area contributed by atoms with Crippen LogP contribution in [0.5, 0.6) is 5.75 Å². The number of imide groups is 1. The number of amides is 3. The number of ether oxygens (including phenoxy) is 1. The first kappa shape index (κ1) is 20.6. The maximum Gasteiger partial charge on any atom is 0.327 e. The van der Waals surface area contributed by atoms with Crippen molar-refractivity contribution in [1.29, 1.82) is 0 Å². The van der Waals surface area contributed by atoms with Gasteiger partial charge in [-0.05, 0) is 51.6 Å². The summed E-state index contributed by atoms with van der Waals surface area (Å²) in [6.45, 7) is 6.14. The smallest absolute Gasteiger partial charge is 0.327 e. The van der Waals surface area contributed by atoms with Crippen LogP contribution in [0.3, 0.4) is 0 Å². The fourth-order valence-corrected chi connectivity index (χ4v) is 4.27. The van der Waals surface area contributed by atoms with E-state index in [-0.39, 0.29) is 11.9 Å². The molecule has 0 N–H and O–H groups in total. The summed E-state index contributed by atoms with van der Waals surface area (Å²) >= 11 is 0. The predicted molar refractivity (Wildman–Crippen MR) is 108 cm³/mol. The summed E-state index contributed by atoms with van der Waals surface area (Å²) in [6.07, 6.45) is 1.39. The van der Waals surface area contributed by atoms with Crippen molar-refractivity contribution in [2.24, 2.45) is 0 Å². The fraction of sp³-hybridized carbons (Fsp3) is 0.619. The van der Waals surface area contributed by atoms with Gasteiger partial charge in [-0.15, -0.1) is 0 Å². The van der Waals surface area contributed by atoms with Crippen LogP contribution in [0.4, 0.5) is 4.79 Å². The summed E-state index contributed by atoms with van der Waals surface area (Å²) in [6, 6.07) is 7.98. The van der Waals surface area contributed by atoms with Crippen LogP contribution in [0.1, 0.15) is 25.3 Å². The Morgan fingerprint density at radius 1 is 1.11 bits per heavy atom. The molecule has 2 aliphatic heterocycles. The van der Waals surface area contributed by atoms with Crippen LogP contribution in [0, 0.1) is 0 Å². The fourth-order valence-electron chi connectivity index (χ4n) is 4.27. The highest BCUT2D eigenvalue weighted by Gasteiger charge is 2.57. The molecule has 0 saturated carbocycles. The highest BCUT2D eigenvalue weighted by atomic mass is 16.5. The van der Waals surface area contributed by atoms with E-state index in [1.54, 1.807) is 12.0 Å². The van der Waals surface area contributed by atoms with Crippen LogP contribution in [-0.4, -0.2) is 91.0 Å². The molecule has 2 aliphatic rings. The molecule has 2 fully saturated rings. The lowest BCUT2D eigenvalue weighted by Gasteiger charge is -2.42. The number of benzene rings is 1. The van der Waals surface area contributed by atoms with E-state index in [2.05, 4.69) is 17.0 Å². The van der Waals surface area contributed by atoms with Crippen LogP contribution < -0.4 is 4.74 Å². The molecule has 1 aromatic rings. The number of hydrogen-bond donors (Lipinski definition) is 0. The van der Waals surface area contributed by atoms with Gasteiger partial charge in [0.1, 0.15) is 11.3 Å². The van der Waals surface area contributed by atoms with Crippen molar-refractivity contribution in [2.75, 3.05) is 53.9 Å². The number of piperidine rings is 1. The number of carbonyl (C=O) groups excluding carboxylic acids is 2. The normalized spacial score (nSPS) is 19.9. The highest BCUT2D eigenvalue weighted by molar-refractivity contribution is 6.07. The average molecular weight is 389 g/mol. The van der Waals surface area contributed by atoms with Crippen LogP contribution in [0.15, 0.2) is 24.3 Å². The molecule has 3 rings (SSSR count). The lowest BCUT2D eigenvalue weighted by atomic mass is 9.85.